The van der Waals surface area contributed by atoms with Gasteiger partial charge < -0.3 is 9.64 Å². The maximum Gasteiger partial charge on any atom is 0.340 e. The molecule has 0 aliphatic carbocycles. The normalized spacial score (nSPS) is 21.8. The largest absolute Gasteiger partial charge is 0.435 e. The third-order valence-corrected chi connectivity index (χ3v) is 4.41. The molecule has 0 N–H and O–H groups in total. The van der Waals surface area contributed by atoms with E-state index in [4.69, 9.17) is 4.74 Å². The molecule has 0 fully saturated rings. The molecule has 0 saturated heterocycles. The highest BCUT2D eigenvalue weighted by Crippen LogP contribution is 2.52. The van der Waals surface area contributed by atoms with Crippen LogP contribution in [-0.2, 0) is 15.1 Å². The molecular weight excluding hydrogens is 297 g/mol. The van der Waals surface area contributed by atoms with E-state index in [-0.39, 0.29) is 11.9 Å². The summed E-state index contributed by atoms with van der Waals surface area (Å²) in [7, 11) is 0. The highest BCUT2D eigenvalue weighted by molar-refractivity contribution is 6.14. The van der Waals surface area contributed by atoms with Gasteiger partial charge in [-0.1, -0.05) is 18.2 Å². The topological polar surface area (TPSA) is 46.6 Å². The van der Waals surface area contributed by atoms with Crippen molar-refractivity contribution in [3.05, 3.63) is 65.0 Å². The van der Waals surface area contributed by atoms with Gasteiger partial charge in [-0.3, -0.25) is 4.79 Å². The Morgan fingerprint density at radius 1 is 1.09 bits per heavy atom. The third kappa shape index (κ3) is 1.59. The lowest BCUT2D eigenvalue weighted by Crippen LogP contribution is -2.44. The molecule has 1 spiro atoms. The van der Waals surface area contributed by atoms with E-state index in [1.54, 1.807) is 35.2 Å². The molecule has 5 heteroatoms. The fourth-order valence-electron chi connectivity index (χ4n) is 3.48. The number of fused-ring (bicyclic) bond motifs is 4. The van der Waals surface area contributed by atoms with Gasteiger partial charge in [0, 0.05) is 17.2 Å². The van der Waals surface area contributed by atoms with Crippen LogP contribution in [0.4, 0.5) is 10.1 Å². The Morgan fingerprint density at radius 2 is 1.83 bits per heavy atom. The maximum atomic E-state index is 13.9. The number of rotatable bonds is 1. The smallest absolute Gasteiger partial charge is 0.340 e. The Kier molecular flexibility index (Phi) is 2.67. The first kappa shape index (κ1) is 13.9. The van der Waals surface area contributed by atoms with Gasteiger partial charge >= 0.3 is 5.97 Å². The molecule has 23 heavy (non-hydrogen) atoms. The molecule has 0 bridgehead atoms. The molecular formula is C18H14FNO3. The molecule has 2 heterocycles. The highest BCUT2D eigenvalue weighted by Gasteiger charge is 2.60. The second-order valence-corrected chi connectivity index (χ2v) is 6.05. The summed E-state index contributed by atoms with van der Waals surface area (Å²) < 4.78 is 19.4. The van der Waals surface area contributed by atoms with Gasteiger partial charge in [0.25, 0.3) is 5.91 Å². The number of esters is 1. The van der Waals surface area contributed by atoms with Crippen molar-refractivity contribution in [3.63, 3.8) is 0 Å². The van der Waals surface area contributed by atoms with Crippen LogP contribution in [0.1, 0.15) is 35.3 Å². The van der Waals surface area contributed by atoms with Gasteiger partial charge in [0.2, 0.25) is 5.60 Å². The third-order valence-electron chi connectivity index (χ3n) is 4.41. The Balaban J connectivity index is 2.07. The van der Waals surface area contributed by atoms with Crippen molar-refractivity contribution >= 4 is 17.6 Å². The van der Waals surface area contributed by atoms with Crippen LogP contribution in [0.2, 0.25) is 0 Å². The van der Waals surface area contributed by atoms with Gasteiger partial charge in [0.1, 0.15) is 5.82 Å². The standard InChI is InChI=1S/C18H14FNO3/c1-10(2)20-15-8-7-11(19)9-14(15)18(17(20)22)13-6-4-3-5-12(13)16(21)23-18/h3-10H,1-2H3. The Morgan fingerprint density at radius 3 is 2.57 bits per heavy atom. The number of ether oxygens (including phenoxy) is 1. The fraction of sp³-hybridized carbons (Fsp3) is 0.222. The van der Waals surface area contributed by atoms with Crippen molar-refractivity contribution < 1.29 is 18.7 Å². The van der Waals surface area contributed by atoms with E-state index in [1.165, 1.54) is 12.1 Å². The van der Waals surface area contributed by atoms with Crippen LogP contribution in [-0.4, -0.2) is 17.9 Å². The fourth-order valence-corrected chi connectivity index (χ4v) is 3.48. The molecule has 0 radical (unpaired) electrons. The minimum atomic E-state index is -1.57. The van der Waals surface area contributed by atoms with Crippen LogP contribution >= 0.6 is 0 Å². The molecule has 2 aromatic carbocycles. The highest BCUT2D eigenvalue weighted by atomic mass is 19.1. The lowest BCUT2D eigenvalue weighted by molar-refractivity contribution is -0.132. The van der Waals surface area contributed by atoms with Gasteiger partial charge in [0.15, 0.2) is 0 Å². The van der Waals surface area contributed by atoms with E-state index in [9.17, 15) is 14.0 Å². The molecule has 0 aromatic heterocycles. The number of anilines is 1. The van der Waals surface area contributed by atoms with Crippen molar-refractivity contribution in [1.82, 2.24) is 0 Å². The van der Waals surface area contributed by atoms with Gasteiger partial charge in [-0.15, -0.1) is 0 Å². The number of amides is 1. The van der Waals surface area contributed by atoms with Crippen molar-refractivity contribution in [1.29, 1.82) is 0 Å². The van der Waals surface area contributed by atoms with Crippen molar-refractivity contribution in [3.8, 4) is 0 Å². The molecule has 4 nitrogen and oxygen atoms in total. The number of carbonyl (C=O) groups is 2. The number of halogens is 1. The van der Waals surface area contributed by atoms with Crippen LogP contribution < -0.4 is 4.90 Å². The quantitative estimate of drug-likeness (QED) is 0.761. The zero-order chi connectivity index (χ0) is 16.4. The molecule has 2 aliphatic heterocycles. The van der Waals surface area contributed by atoms with Crippen molar-refractivity contribution in [2.75, 3.05) is 4.90 Å². The van der Waals surface area contributed by atoms with Gasteiger partial charge in [0.05, 0.1) is 11.3 Å². The lowest BCUT2D eigenvalue weighted by Gasteiger charge is -2.25. The number of hydrogen-bond acceptors (Lipinski definition) is 3. The average molecular weight is 311 g/mol. The maximum absolute atomic E-state index is 13.9. The van der Waals surface area contributed by atoms with E-state index >= 15 is 0 Å². The van der Waals surface area contributed by atoms with Crippen molar-refractivity contribution in [2.24, 2.45) is 0 Å². The lowest BCUT2D eigenvalue weighted by atomic mass is 9.86. The van der Waals surface area contributed by atoms with Crippen LogP contribution in [0.15, 0.2) is 42.5 Å². The summed E-state index contributed by atoms with van der Waals surface area (Å²) in [6.07, 6.45) is 0. The SMILES string of the molecule is CC(C)N1C(=O)C2(OC(=O)c3ccccc32)c2cc(F)ccc21. The molecule has 1 amide bonds. The van der Waals surface area contributed by atoms with Gasteiger partial charge in [-0.2, -0.15) is 0 Å². The summed E-state index contributed by atoms with van der Waals surface area (Å²) in [6.45, 7) is 3.74. The molecule has 0 saturated carbocycles. The number of carbonyl (C=O) groups excluding carboxylic acids is 2. The Labute approximate surface area is 132 Å². The minimum absolute atomic E-state index is 0.141. The molecule has 116 valence electrons. The molecule has 1 atom stereocenters. The van der Waals surface area contributed by atoms with E-state index in [1.807, 2.05) is 13.8 Å². The van der Waals surface area contributed by atoms with E-state index < -0.39 is 17.4 Å². The van der Waals surface area contributed by atoms with Crippen molar-refractivity contribution in [2.45, 2.75) is 25.5 Å². The number of nitrogens with zero attached hydrogens (tertiary/aromatic N) is 1. The van der Waals surface area contributed by atoms with Crippen LogP contribution in [0.25, 0.3) is 0 Å². The van der Waals surface area contributed by atoms with Gasteiger partial charge in [-0.05, 0) is 38.1 Å². The zero-order valence-corrected chi connectivity index (χ0v) is 12.7. The summed E-state index contributed by atoms with van der Waals surface area (Å²) in [4.78, 5) is 27.0. The molecule has 2 aromatic rings. The van der Waals surface area contributed by atoms with E-state index in [0.29, 0.717) is 22.4 Å². The predicted molar refractivity (Wildman–Crippen MR) is 81.7 cm³/mol. The first-order valence-corrected chi connectivity index (χ1v) is 7.43. The summed E-state index contributed by atoms with van der Waals surface area (Å²) in [6, 6.07) is 10.8. The molecule has 4 rings (SSSR count). The summed E-state index contributed by atoms with van der Waals surface area (Å²) >= 11 is 0. The Bertz CT molecular complexity index is 861. The van der Waals surface area contributed by atoms with Crippen LogP contribution in [0, 0.1) is 5.82 Å². The summed E-state index contributed by atoms with van der Waals surface area (Å²) in [5.41, 5.74) is 0.215. The first-order valence-electron chi connectivity index (χ1n) is 7.43. The van der Waals surface area contributed by atoms with Crippen LogP contribution in [0.5, 0.6) is 0 Å². The molecule has 2 aliphatic rings. The van der Waals surface area contributed by atoms with E-state index in [0.717, 1.165) is 0 Å². The Hall–Kier alpha value is -2.69. The predicted octanol–water partition coefficient (Wildman–Crippen LogP) is 2.99. The number of benzene rings is 2. The summed E-state index contributed by atoms with van der Waals surface area (Å²) in [5.74, 6) is -1.39. The second kappa shape index (κ2) is 4.41. The molecule has 1 unspecified atom stereocenters. The zero-order valence-electron chi connectivity index (χ0n) is 12.7. The van der Waals surface area contributed by atoms with Crippen LogP contribution in [0.3, 0.4) is 0 Å². The first-order chi connectivity index (χ1) is 11.0. The minimum Gasteiger partial charge on any atom is -0.435 e. The summed E-state index contributed by atoms with van der Waals surface area (Å²) in [5, 5.41) is 0. The second-order valence-electron chi connectivity index (χ2n) is 6.05. The monoisotopic (exact) mass is 311 g/mol. The van der Waals surface area contributed by atoms with Gasteiger partial charge in [-0.25, -0.2) is 9.18 Å². The van der Waals surface area contributed by atoms with E-state index in [2.05, 4.69) is 0 Å². The average Bonchev–Trinajstić information content (AvgIpc) is 2.95. The number of hydrogen-bond donors (Lipinski definition) is 0.